The molecule has 0 spiro atoms. The second-order valence-electron chi connectivity index (χ2n) is 7.34. The molecule has 154 valence electrons. The Hall–Kier alpha value is -3.92. The normalized spacial score (nSPS) is 16.2. The summed E-state index contributed by atoms with van der Waals surface area (Å²) >= 11 is 6.42. The molecule has 1 amide bonds. The Labute approximate surface area is 180 Å². The van der Waals surface area contributed by atoms with Gasteiger partial charge in [-0.15, -0.1) is 5.10 Å². The van der Waals surface area contributed by atoms with E-state index in [-0.39, 0.29) is 11.6 Å². The fraction of sp³-hybridized carbons (Fsp3) is 0.150. The van der Waals surface area contributed by atoms with Gasteiger partial charge in [0.05, 0.1) is 28.3 Å². The third-order valence-corrected chi connectivity index (χ3v) is 5.45. The zero-order valence-electron chi connectivity index (χ0n) is 16.1. The molecule has 4 heterocycles. The summed E-state index contributed by atoms with van der Waals surface area (Å²) in [6.07, 6.45) is 10.7. The van der Waals surface area contributed by atoms with Crippen LogP contribution < -0.4 is 16.0 Å². The average Bonchev–Trinajstić information content (AvgIpc) is 3.38. The number of nitrogens with zero attached hydrogens (tertiary/aromatic N) is 6. The average molecular weight is 434 g/mol. The maximum absolute atomic E-state index is 12.3. The minimum absolute atomic E-state index is 0.267. The van der Waals surface area contributed by atoms with Gasteiger partial charge in [-0.05, 0) is 25.0 Å². The van der Waals surface area contributed by atoms with Crippen molar-refractivity contribution in [2.24, 2.45) is 0 Å². The summed E-state index contributed by atoms with van der Waals surface area (Å²) in [6, 6.07) is 5.96. The van der Waals surface area contributed by atoms with Crippen LogP contribution in [0.15, 0.2) is 54.9 Å². The summed E-state index contributed by atoms with van der Waals surface area (Å²) in [5.74, 6) is 0.513. The number of carbonyl (C=O) groups excluding carboxylic acids is 1. The van der Waals surface area contributed by atoms with E-state index in [2.05, 4.69) is 31.1 Å². The minimum Gasteiger partial charge on any atom is -0.364 e. The molecule has 6 rings (SSSR count). The van der Waals surface area contributed by atoms with Crippen LogP contribution in [-0.4, -0.2) is 35.3 Å². The summed E-state index contributed by atoms with van der Waals surface area (Å²) < 4.78 is 3.53. The van der Waals surface area contributed by atoms with Gasteiger partial charge in [0.15, 0.2) is 11.5 Å². The van der Waals surface area contributed by atoms with Gasteiger partial charge >= 0.3 is 0 Å². The summed E-state index contributed by atoms with van der Waals surface area (Å²) in [5.41, 5.74) is 2.22. The van der Waals surface area contributed by atoms with E-state index in [1.807, 2.05) is 23.0 Å². The van der Waals surface area contributed by atoms with Crippen molar-refractivity contribution in [3.63, 3.8) is 0 Å². The Balaban J connectivity index is 1.52. The van der Waals surface area contributed by atoms with E-state index >= 15 is 0 Å². The first kappa shape index (κ1) is 17.9. The Kier molecular flexibility index (Phi) is 3.93. The number of amides is 1. The molecule has 0 saturated heterocycles. The van der Waals surface area contributed by atoms with E-state index in [0.717, 1.165) is 23.8 Å². The number of para-hydroxylation sites is 1. The van der Waals surface area contributed by atoms with Crippen molar-refractivity contribution in [1.82, 2.24) is 40.0 Å². The van der Waals surface area contributed by atoms with Gasteiger partial charge in [-0.2, -0.15) is 9.61 Å². The quantitative estimate of drug-likeness (QED) is 0.453. The maximum Gasteiger partial charge on any atom is 0.273 e. The van der Waals surface area contributed by atoms with Gasteiger partial charge < -0.3 is 16.0 Å². The molecule has 1 aliphatic carbocycles. The van der Waals surface area contributed by atoms with E-state index in [1.54, 1.807) is 29.2 Å². The van der Waals surface area contributed by atoms with Gasteiger partial charge in [-0.3, -0.25) is 9.48 Å². The molecule has 10 nitrogen and oxygen atoms in total. The van der Waals surface area contributed by atoms with Crippen LogP contribution in [0.2, 0.25) is 5.02 Å². The van der Waals surface area contributed by atoms with Crippen LogP contribution in [0.3, 0.4) is 0 Å². The van der Waals surface area contributed by atoms with Crippen molar-refractivity contribution in [3.05, 3.63) is 59.9 Å². The highest BCUT2D eigenvalue weighted by Gasteiger charge is 2.25. The first-order valence-electron chi connectivity index (χ1n) is 9.76. The predicted molar refractivity (Wildman–Crippen MR) is 115 cm³/mol. The first-order chi connectivity index (χ1) is 15.2. The topological polar surface area (TPSA) is 114 Å². The van der Waals surface area contributed by atoms with Crippen molar-refractivity contribution in [2.75, 3.05) is 5.32 Å². The third kappa shape index (κ3) is 3.08. The Morgan fingerprint density at radius 3 is 2.97 bits per heavy atom. The van der Waals surface area contributed by atoms with Crippen molar-refractivity contribution in [3.8, 4) is 11.4 Å². The predicted octanol–water partition coefficient (Wildman–Crippen LogP) is 2.57. The number of halogens is 1. The van der Waals surface area contributed by atoms with Crippen LogP contribution in [0, 0.1) is 0 Å². The number of hydrogen-bond acceptors (Lipinski definition) is 7. The zero-order chi connectivity index (χ0) is 20.9. The van der Waals surface area contributed by atoms with Crippen LogP contribution in [0.1, 0.15) is 18.9 Å². The highest BCUT2D eigenvalue weighted by atomic mass is 35.5. The number of nitrogens with one attached hydrogen (secondary N) is 3. The number of rotatable bonds is 4. The van der Waals surface area contributed by atoms with Gasteiger partial charge in [0, 0.05) is 30.2 Å². The summed E-state index contributed by atoms with van der Waals surface area (Å²) in [6.45, 7) is 0. The van der Waals surface area contributed by atoms with Crippen LogP contribution >= 0.6 is 11.6 Å². The molecule has 3 aromatic heterocycles. The zero-order valence-corrected chi connectivity index (χ0v) is 16.8. The van der Waals surface area contributed by atoms with Crippen molar-refractivity contribution in [2.45, 2.75) is 18.9 Å². The molecule has 31 heavy (non-hydrogen) atoms. The number of hydrogen-bond donors (Lipinski definition) is 3. The maximum atomic E-state index is 12.3. The van der Waals surface area contributed by atoms with E-state index < -0.39 is 0 Å². The Bertz CT molecular complexity index is 1410. The smallest absolute Gasteiger partial charge is 0.273 e. The third-order valence-electron chi connectivity index (χ3n) is 5.15. The van der Waals surface area contributed by atoms with Gasteiger partial charge in [0.2, 0.25) is 5.95 Å². The Morgan fingerprint density at radius 2 is 2.10 bits per heavy atom. The molecule has 11 heteroatoms. The van der Waals surface area contributed by atoms with Crippen LogP contribution in [0.4, 0.5) is 5.95 Å². The van der Waals surface area contributed by atoms with Gasteiger partial charge in [0.1, 0.15) is 5.70 Å². The lowest BCUT2D eigenvalue weighted by Gasteiger charge is -2.11. The van der Waals surface area contributed by atoms with Crippen LogP contribution in [0.5, 0.6) is 0 Å². The number of anilines is 1. The number of benzene rings is 1. The lowest BCUT2D eigenvalue weighted by molar-refractivity contribution is -0.116. The number of carbonyl (C=O) groups is 1. The molecular formula is C20H16ClN9O. The molecule has 0 bridgehead atoms. The standard InChI is InChI=1S/C20H16ClN9O/c21-14-3-1-2-13-16(14)26-20(25-15-9-22-6-7-23-19(15)31)30-18(13)27-17(28-30)11-8-24-29(10-11)12-4-5-12/h1-3,6-10,12,22H,4-5H2,(H,23,31)(H,25,26). The summed E-state index contributed by atoms with van der Waals surface area (Å²) in [5, 5.41) is 18.9. The van der Waals surface area contributed by atoms with Crippen LogP contribution in [0.25, 0.3) is 27.9 Å². The van der Waals surface area contributed by atoms with Crippen molar-refractivity contribution >= 4 is 40.0 Å². The van der Waals surface area contributed by atoms with Gasteiger partial charge in [-0.25, -0.2) is 9.97 Å². The van der Waals surface area contributed by atoms with E-state index in [1.165, 1.54) is 6.20 Å². The SMILES string of the molecule is O=C1NC=CNC=C1Nc1nc2c(Cl)cccc2c2nc(-c3cnn(C4CC4)c3)nn12. The van der Waals surface area contributed by atoms with Crippen LogP contribution in [-0.2, 0) is 4.79 Å². The largest absolute Gasteiger partial charge is 0.364 e. The molecular weight excluding hydrogens is 418 g/mol. The lowest BCUT2D eigenvalue weighted by Crippen LogP contribution is -2.24. The monoisotopic (exact) mass is 433 g/mol. The van der Waals surface area contributed by atoms with Crippen molar-refractivity contribution in [1.29, 1.82) is 0 Å². The molecule has 0 atom stereocenters. The molecule has 1 saturated carbocycles. The van der Waals surface area contributed by atoms with Gasteiger partial charge in [-0.1, -0.05) is 17.7 Å². The first-order valence-corrected chi connectivity index (χ1v) is 10.1. The molecule has 0 radical (unpaired) electrons. The van der Waals surface area contributed by atoms with E-state index in [0.29, 0.717) is 34.0 Å². The number of aromatic nitrogens is 6. The van der Waals surface area contributed by atoms with Crippen molar-refractivity contribution < 1.29 is 4.79 Å². The highest BCUT2D eigenvalue weighted by Crippen LogP contribution is 2.35. The fourth-order valence-electron chi connectivity index (χ4n) is 3.45. The van der Waals surface area contributed by atoms with E-state index in [4.69, 9.17) is 16.6 Å². The van der Waals surface area contributed by atoms with Gasteiger partial charge in [0.25, 0.3) is 5.91 Å². The second-order valence-corrected chi connectivity index (χ2v) is 7.75. The molecule has 3 N–H and O–H groups in total. The number of fused-ring (bicyclic) bond motifs is 3. The molecule has 1 fully saturated rings. The molecule has 4 aromatic rings. The second kappa shape index (κ2) is 6.81. The van der Waals surface area contributed by atoms with E-state index in [9.17, 15) is 4.79 Å². The lowest BCUT2D eigenvalue weighted by atomic mass is 10.2. The highest BCUT2D eigenvalue weighted by molar-refractivity contribution is 6.35. The fourth-order valence-corrected chi connectivity index (χ4v) is 3.66. The summed E-state index contributed by atoms with van der Waals surface area (Å²) in [7, 11) is 0. The molecule has 0 unspecified atom stereocenters. The Morgan fingerprint density at radius 1 is 1.19 bits per heavy atom. The molecule has 1 aliphatic heterocycles. The summed E-state index contributed by atoms with van der Waals surface area (Å²) in [4.78, 5) is 21.7. The minimum atomic E-state index is -0.318. The molecule has 1 aromatic carbocycles. The molecule has 2 aliphatic rings.